The number of aliphatic carboxylic acids is 1. The number of benzene rings is 1. The molecule has 1 aromatic rings. The molecule has 0 atom stereocenters. The molecule has 7 heteroatoms. The lowest BCUT2D eigenvalue weighted by molar-refractivity contribution is -0.154. The second kappa shape index (κ2) is 6.09. The predicted molar refractivity (Wildman–Crippen MR) is 70.5 cm³/mol. The van der Waals surface area contributed by atoms with E-state index >= 15 is 0 Å². The normalized spacial score (nSPS) is 17.2. The zero-order valence-electron chi connectivity index (χ0n) is 11.3. The molecule has 0 radical (unpaired) electrons. The first-order valence-corrected chi connectivity index (χ1v) is 6.52. The number of amides is 1. The summed E-state index contributed by atoms with van der Waals surface area (Å²) in [7, 11) is 0. The van der Waals surface area contributed by atoms with Crippen LogP contribution in [-0.2, 0) is 9.53 Å². The number of phenolic OH excluding ortho intramolecular Hbond substituents is 1. The maximum atomic E-state index is 12.9. The van der Waals surface area contributed by atoms with E-state index in [-0.39, 0.29) is 12.1 Å². The van der Waals surface area contributed by atoms with Crippen LogP contribution in [0.15, 0.2) is 18.2 Å². The number of ether oxygens (including phenoxy) is 1. The Labute approximate surface area is 120 Å². The van der Waals surface area contributed by atoms with Crippen LogP contribution in [0.25, 0.3) is 0 Å². The minimum atomic E-state index is -1.07. The van der Waals surface area contributed by atoms with Crippen LogP contribution < -0.4 is 5.32 Å². The molecule has 0 aliphatic carbocycles. The fraction of sp³-hybridized carbons (Fsp3) is 0.429. The van der Waals surface area contributed by atoms with Crippen LogP contribution in [0.2, 0.25) is 0 Å². The summed E-state index contributed by atoms with van der Waals surface area (Å²) in [5.41, 5.74) is -1.16. The summed E-state index contributed by atoms with van der Waals surface area (Å²) in [6, 6.07) is 3.03. The Morgan fingerprint density at radius 2 is 2.00 bits per heavy atom. The average molecular weight is 297 g/mol. The van der Waals surface area contributed by atoms with Gasteiger partial charge in [0.1, 0.15) is 11.6 Å². The third-order valence-electron chi connectivity index (χ3n) is 3.70. The molecular weight excluding hydrogens is 281 g/mol. The molecule has 1 amide bonds. The Kier molecular flexibility index (Phi) is 4.42. The van der Waals surface area contributed by atoms with Gasteiger partial charge in [0.2, 0.25) is 0 Å². The van der Waals surface area contributed by atoms with Crippen LogP contribution in [0.3, 0.4) is 0 Å². The van der Waals surface area contributed by atoms with Gasteiger partial charge >= 0.3 is 5.97 Å². The summed E-state index contributed by atoms with van der Waals surface area (Å²) >= 11 is 0. The molecule has 1 saturated heterocycles. The number of carboxylic acids is 1. The summed E-state index contributed by atoms with van der Waals surface area (Å²) in [4.78, 5) is 23.4. The zero-order valence-corrected chi connectivity index (χ0v) is 11.3. The minimum absolute atomic E-state index is 0.0681. The standard InChI is InChI=1S/C14H16FNO5/c15-9-1-2-10(11(17)7-9)12(18)16-8-14(13(19)20)3-5-21-6-4-14/h1-2,7,17H,3-6,8H2,(H,16,18)(H,19,20). The second-order valence-electron chi connectivity index (χ2n) is 5.04. The molecule has 0 unspecified atom stereocenters. The Morgan fingerprint density at radius 3 is 2.57 bits per heavy atom. The van der Waals surface area contributed by atoms with Gasteiger partial charge in [0.25, 0.3) is 5.91 Å². The molecule has 1 fully saturated rings. The van der Waals surface area contributed by atoms with Gasteiger partial charge < -0.3 is 20.3 Å². The molecule has 2 rings (SSSR count). The van der Waals surface area contributed by atoms with Crippen LogP contribution in [0.4, 0.5) is 4.39 Å². The van der Waals surface area contributed by atoms with Crippen molar-refractivity contribution in [3.63, 3.8) is 0 Å². The molecule has 6 nitrogen and oxygen atoms in total. The molecule has 0 bridgehead atoms. The van der Waals surface area contributed by atoms with Crippen LogP contribution in [-0.4, -0.2) is 41.8 Å². The van der Waals surface area contributed by atoms with E-state index in [4.69, 9.17) is 4.74 Å². The third-order valence-corrected chi connectivity index (χ3v) is 3.70. The SMILES string of the molecule is O=C(NCC1(C(=O)O)CCOCC1)c1ccc(F)cc1O. The monoisotopic (exact) mass is 297 g/mol. The number of hydrogen-bond donors (Lipinski definition) is 3. The number of carbonyl (C=O) groups excluding carboxylic acids is 1. The molecule has 114 valence electrons. The molecule has 0 spiro atoms. The highest BCUT2D eigenvalue weighted by Gasteiger charge is 2.40. The predicted octanol–water partition coefficient (Wildman–Crippen LogP) is 1.14. The number of carbonyl (C=O) groups is 2. The molecule has 1 heterocycles. The summed E-state index contributed by atoms with van der Waals surface area (Å²) in [6.07, 6.45) is 0.607. The largest absolute Gasteiger partial charge is 0.507 e. The number of rotatable bonds is 4. The molecule has 21 heavy (non-hydrogen) atoms. The Bertz CT molecular complexity index is 554. The molecule has 0 saturated carbocycles. The Hall–Kier alpha value is -2.15. The van der Waals surface area contributed by atoms with Gasteiger partial charge in [0.05, 0.1) is 11.0 Å². The first-order chi connectivity index (χ1) is 9.94. The summed E-state index contributed by atoms with van der Waals surface area (Å²) in [5.74, 6) is -2.77. The lowest BCUT2D eigenvalue weighted by Crippen LogP contribution is -2.46. The quantitative estimate of drug-likeness (QED) is 0.774. The van der Waals surface area contributed by atoms with E-state index in [0.29, 0.717) is 26.1 Å². The fourth-order valence-corrected chi connectivity index (χ4v) is 2.27. The Balaban J connectivity index is 2.07. The molecule has 0 aromatic heterocycles. The lowest BCUT2D eigenvalue weighted by Gasteiger charge is -2.33. The highest BCUT2D eigenvalue weighted by Crippen LogP contribution is 2.30. The van der Waals surface area contributed by atoms with Gasteiger partial charge in [-0.2, -0.15) is 0 Å². The molecule has 3 N–H and O–H groups in total. The van der Waals surface area contributed by atoms with Crippen LogP contribution in [0.1, 0.15) is 23.2 Å². The number of aromatic hydroxyl groups is 1. The number of phenols is 1. The lowest BCUT2D eigenvalue weighted by atomic mass is 9.80. The van der Waals surface area contributed by atoms with E-state index < -0.39 is 28.9 Å². The van der Waals surface area contributed by atoms with E-state index in [1.807, 2.05) is 0 Å². The van der Waals surface area contributed by atoms with E-state index in [1.165, 1.54) is 0 Å². The summed E-state index contributed by atoms with van der Waals surface area (Å²) in [6.45, 7) is 0.579. The van der Waals surface area contributed by atoms with Crippen molar-refractivity contribution < 1.29 is 28.9 Å². The van der Waals surface area contributed by atoms with Crippen LogP contribution in [0.5, 0.6) is 5.75 Å². The maximum Gasteiger partial charge on any atom is 0.311 e. The molecule has 1 aromatic carbocycles. The Morgan fingerprint density at radius 1 is 1.33 bits per heavy atom. The summed E-state index contributed by atoms with van der Waals surface area (Å²) < 4.78 is 18.0. The molecule has 1 aliphatic rings. The van der Waals surface area contributed by atoms with Crippen molar-refractivity contribution in [2.24, 2.45) is 5.41 Å². The van der Waals surface area contributed by atoms with E-state index in [1.54, 1.807) is 0 Å². The topological polar surface area (TPSA) is 95.9 Å². The highest BCUT2D eigenvalue weighted by atomic mass is 19.1. The van der Waals surface area contributed by atoms with Crippen molar-refractivity contribution in [2.75, 3.05) is 19.8 Å². The maximum absolute atomic E-state index is 12.9. The third kappa shape index (κ3) is 3.30. The zero-order chi connectivity index (χ0) is 15.5. The fourth-order valence-electron chi connectivity index (χ4n) is 2.27. The number of carboxylic acid groups (broad SMARTS) is 1. The van der Waals surface area contributed by atoms with Gasteiger partial charge in [-0.3, -0.25) is 9.59 Å². The minimum Gasteiger partial charge on any atom is -0.507 e. The van der Waals surface area contributed by atoms with Crippen molar-refractivity contribution in [3.05, 3.63) is 29.6 Å². The van der Waals surface area contributed by atoms with Crippen LogP contribution in [0, 0.1) is 11.2 Å². The first kappa shape index (κ1) is 15.2. The van der Waals surface area contributed by atoms with Crippen molar-refractivity contribution in [3.8, 4) is 5.75 Å². The van der Waals surface area contributed by atoms with Crippen LogP contribution >= 0.6 is 0 Å². The van der Waals surface area contributed by atoms with Crippen molar-refractivity contribution >= 4 is 11.9 Å². The second-order valence-corrected chi connectivity index (χ2v) is 5.04. The van der Waals surface area contributed by atoms with Gasteiger partial charge in [-0.15, -0.1) is 0 Å². The van der Waals surface area contributed by atoms with Crippen molar-refractivity contribution in [1.29, 1.82) is 0 Å². The van der Waals surface area contributed by atoms with Gasteiger partial charge in [-0.05, 0) is 25.0 Å². The van der Waals surface area contributed by atoms with Gasteiger partial charge in [-0.25, -0.2) is 4.39 Å². The van der Waals surface area contributed by atoms with E-state index in [9.17, 15) is 24.2 Å². The smallest absolute Gasteiger partial charge is 0.311 e. The van der Waals surface area contributed by atoms with Gasteiger partial charge in [0.15, 0.2) is 0 Å². The first-order valence-electron chi connectivity index (χ1n) is 6.52. The van der Waals surface area contributed by atoms with Crippen molar-refractivity contribution in [2.45, 2.75) is 12.8 Å². The molecule has 1 aliphatic heterocycles. The molecular formula is C14H16FNO5. The number of nitrogens with one attached hydrogen (secondary N) is 1. The van der Waals surface area contributed by atoms with E-state index in [2.05, 4.69) is 5.32 Å². The summed E-state index contributed by atoms with van der Waals surface area (Å²) in [5, 5.41) is 21.4. The van der Waals surface area contributed by atoms with E-state index in [0.717, 1.165) is 18.2 Å². The average Bonchev–Trinajstić information content (AvgIpc) is 2.45. The van der Waals surface area contributed by atoms with Gasteiger partial charge in [-0.1, -0.05) is 0 Å². The number of hydrogen-bond acceptors (Lipinski definition) is 4. The highest BCUT2D eigenvalue weighted by molar-refractivity contribution is 5.97. The van der Waals surface area contributed by atoms with Crippen molar-refractivity contribution in [1.82, 2.24) is 5.32 Å². The number of halogens is 1. The van der Waals surface area contributed by atoms with Gasteiger partial charge in [0, 0.05) is 25.8 Å².